The summed E-state index contributed by atoms with van der Waals surface area (Å²) in [6.07, 6.45) is 23.4. The highest BCUT2D eigenvalue weighted by Gasteiger charge is 2.24. The summed E-state index contributed by atoms with van der Waals surface area (Å²) in [5.41, 5.74) is 0. The molecule has 2 fully saturated rings. The SMILES string of the molecule is CC=C[C@H]1CC[C@H](CC[C@H]2CC[C@H](OCCCCC)CC2)CC1. The lowest BCUT2D eigenvalue weighted by Crippen LogP contribution is -2.23. The van der Waals surface area contributed by atoms with E-state index in [1.54, 1.807) is 0 Å². The summed E-state index contributed by atoms with van der Waals surface area (Å²) in [6.45, 7) is 5.42. The van der Waals surface area contributed by atoms with Crippen LogP contribution in [0.3, 0.4) is 0 Å². The summed E-state index contributed by atoms with van der Waals surface area (Å²) in [5.74, 6) is 2.91. The van der Waals surface area contributed by atoms with Gasteiger partial charge < -0.3 is 4.74 Å². The summed E-state index contributed by atoms with van der Waals surface area (Å²) in [7, 11) is 0. The van der Waals surface area contributed by atoms with E-state index in [9.17, 15) is 0 Å². The molecule has 134 valence electrons. The summed E-state index contributed by atoms with van der Waals surface area (Å²) in [4.78, 5) is 0. The topological polar surface area (TPSA) is 9.23 Å². The van der Waals surface area contributed by atoms with Crippen molar-refractivity contribution in [2.45, 2.75) is 103 Å². The maximum atomic E-state index is 6.06. The van der Waals surface area contributed by atoms with Gasteiger partial charge in [0, 0.05) is 6.61 Å². The predicted octanol–water partition coefficient (Wildman–Crippen LogP) is 6.91. The Balaban J connectivity index is 1.51. The van der Waals surface area contributed by atoms with E-state index in [0.717, 1.165) is 24.4 Å². The van der Waals surface area contributed by atoms with Gasteiger partial charge in [0.05, 0.1) is 6.10 Å². The van der Waals surface area contributed by atoms with E-state index in [2.05, 4.69) is 26.0 Å². The minimum Gasteiger partial charge on any atom is -0.378 e. The van der Waals surface area contributed by atoms with Crippen molar-refractivity contribution in [1.82, 2.24) is 0 Å². The van der Waals surface area contributed by atoms with E-state index < -0.39 is 0 Å². The molecule has 2 aliphatic carbocycles. The number of hydrogen-bond acceptors (Lipinski definition) is 1. The van der Waals surface area contributed by atoms with Crippen LogP contribution in [0.5, 0.6) is 0 Å². The number of ether oxygens (including phenoxy) is 1. The van der Waals surface area contributed by atoms with E-state index in [0.29, 0.717) is 6.10 Å². The molecule has 0 saturated heterocycles. The van der Waals surface area contributed by atoms with Crippen LogP contribution in [0.4, 0.5) is 0 Å². The summed E-state index contributed by atoms with van der Waals surface area (Å²) < 4.78 is 6.06. The first-order chi connectivity index (χ1) is 11.3. The molecule has 23 heavy (non-hydrogen) atoms. The van der Waals surface area contributed by atoms with E-state index in [1.807, 2.05) is 0 Å². The second-order valence-electron chi connectivity index (χ2n) is 8.10. The Hall–Kier alpha value is -0.300. The van der Waals surface area contributed by atoms with Gasteiger partial charge in [0.2, 0.25) is 0 Å². The maximum absolute atomic E-state index is 6.06. The second kappa shape index (κ2) is 11.3. The van der Waals surface area contributed by atoms with Gasteiger partial charge in [0.15, 0.2) is 0 Å². The normalized spacial score (nSPS) is 32.4. The molecular formula is C22H40O. The average molecular weight is 321 g/mol. The van der Waals surface area contributed by atoms with Crippen molar-refractivity contribution in [3.63, 3.8) is 0 Å². The molecule has 0 heterocycles. The predicted molar refractivity (Wildman–Crippen MR) is 101 cm³/mol. The van der Waals surface area contributed by atoms with E-state index >= 15 is 0 Å². The highest BCUT2D eigenvalue weighted by Crippen LogP contribution is 2.36. The van der Waals surface area contributed by atoms with Crippen LogP contribution in [0.25, 0.3) is 0 Å². The van der Waals surface area contributed by atoms with Gasteiger partial charge in [-0.25, -0.2) is 0 Å². The molecule has 2 saturated carbocycles. The van der Waals surface area contributed by atoms with Crippen molar-refractivity contribution >= 4 is 0 Å². The van der Waals surface area contributed by atoms with Crippen LogP contribution in [-0.4, -0.2) is 12.7 Å². The fraction of sp³-hybridized carbons (Fsp3) is 0.909. The standard InChI is InChI=1S/C22H40O/c1-3-5-6-18-23-22-16-14-21(15-17-22)13-12-20-10-8-19(7-4-2)9-11-20/h4,7,19-22H,3,5-6,8-18H2,1-2H3/t19-,20-,21-,22-. The molecule has 0 atom stereocenters. The van der Waals surface area contributed by atoms with Crippen molar-refractivity contribution in [3.8, 4) is 0 Å². The third-order valence-electron chi connectivity index (χ3n) is 6.23. The zero-order chi connectivity index (χ0) is 16.3. The molecule has 1 nitrogen and oxygen atoms in total. The van der Waals surface area contributed by atoms with E-state index in [-0.39, 0.29) is 0 Å². The Kier molecular flexibility index (Phi) is 9.34. The lowest BCUT2D eigenvalue weighted by molar-refractivity contribution is 0.0146. The molecule has 0 bridgehead atoms. The van der Waals surface area contributed by atoms with Crippen LogP contribution >= 0.6 is 0 Å². The van der Waals surface area contributed by atoms with Gasteiger partial charge in [-0.1, -0.05) is 44.8 Å². The molecule has 0 amide bonds. The van der Waals surface area contributed by atoms with Crippen molar-refractivity contribution in [1.29, 1.82) is 0 Å². The van der Waals surface area contributed by atoms with Crippen LogP contribution in [0.1, 0.15) is 97.3 Å². The molecule has 0 radical (unpaired) electrons. The van der Waals surface area contributed by atoms with E-state index in [1.165, 1.54) is 83.5 Å². The van der Waals surface area contributed by atoms with E-state index in [4.69, 9.17) is 4.74 Å². The summed E-state index contributed by atoms with van der Waals surface area (Å²) in [5, 5.41) is 0. The average Bonchev–Trinajstić information content (AvgIpc) is 2.59. The Bertz CT molecular complexity index is 306. The molecule has 0 aliphatic heterocycles. The molecular weight excluding hydrogens is 280 g/mol. The molecule has 0 aromatic heterocycles. The third kappa shape index (κ3) is 7.42. The van der Waals surface area contributed by atoms with Crippen LogP contribution in [0, 0.1) is 17.8 Å². The monoisotopic (exact) mass is 320 g/mol. The van der Waals surface area contributed by atoms with Crippen LogP contribution in [0.2, 0.25) is 0 Å². The number of hydrogen-bond donors (Lipinski definition) is 0. The molecule has 0 spiro atoms. The molecule has 0 aromatic rings. The minimum atomic E-state index is 0.583. The quantitative estimate of drug-likeness (QED) is 0.331. The van der Waals surface area contributed by atoms with Gasteiger partial charge in [0.1, 0.15) is 0 Å². The van der Waals surface area contributed by atoms with Gasteiger partial charge >= 0.3 is 0 Å². The van der Waals surface area contributed by atoms with Crippen molar-refractivity contribution < 1.29 is 4.74 Å². The lowest BCUT2D eigenvalue weighted by atomic mass is 9.77. The number of allylic oxidation sites excluding steroid dienone is 2. The maximum Gasteiger partial charge on any atom is 0.0575 e. The molecule has 1 heteroatoms. The molecule has 0 N–H and O–H groups in total. The molecule has 0 aromatic carbocycles. The highest BCUT2D eigenvalue weighted by atomic mass is 16.5. The molecule has 2 rings (SSSR count). The van der Waals surface area contributed by atoms with Gasteiger partial charge in [-0.05, 0) is 82.5 Å². The molecule has 2 aliphatic rings. The zero-order valence-corrected chi connectivity index (χ0v) is 15.8. The van der Waals surface area contributed by atoms with Crippen molar-refractivity contribution in [3.05, 3.63) is 12.2 Å². The van der Waals surface area contributed by atoms with Gasteiger partial charge in [-0.15, -0.1) is 0 Å². The highest BCUT2D eigenvalue weighted by molar-refractivity contribution is 4.89. The van der Waals surface area contributed by atoms with Gasteiger partial charge in [0.25, 0.3) is 0 Å². The summed E-state index contributed by atoms with van der Waals surface area (Å²) in [6, 6.07) is 0. The number of unbranched alkanes of at least 4 members (excludes halogenated alkanes) is 2. The van der Waals surface area contributed by atoms with Crippen molar-refractivity contribution in [2.75, 3.05) is 6.61 Å². The first kappa shape index (κ1) is 19.0. The third-order valence-corrected chi connectivity index (χ3v) is 6.23. The fourth-order valence-corrected chi connectivity index (χ4v) is 4.60. The zero-order valence-electron chi connectivity index (χ0n) is 15.8. The smallest absolute Gasteiger partial charge is 0.0575 e. The Labute approximate surface area is 145 Å². The minimum absolute atomic E-state index is 0.583. The second-order valence-corrected chi connectivity index (χ2v) is 8.10. The Morgan fingerprint density at radius 3 is 2.00 bits per heavy atom. The van der Waals surface area contributed by atoms with Crippen molar-refractivity contribution in [2.24, 2.45) is 17.8 Å². The number of rotatable bonds is 9. The first-order valence-corrected chi connectivity index (χ1v) is 10.6. The van der Waals surface area contributed by atoms with Crippen LogP contribution in [-0.2, 0) is 4.74 Å². The fourth-order valence-electron chi connectivity index (χ4n) is 4.60. The largest absolute Gasteiger partial charge is 0.378 e. The Morgan fingerprint density at radius 1 is 0.826 bits per heavy atom. The Morgan fingerprint density at radius 2 is 1.43 bits per heavy atom. The van der Waals surface area contributed by atoms with Gasteiger partial charge in [-0.3, -0.25) is 0 Å². The molecule has 0 unspecified atom stereocenters. The lowest BCUT2D eigenvalue weighted by Gasteiger charge is -2.31. The van der Waals surface area contributed by atoms with Crippen LogP contribution in [0.15, 0.2) is 12.2 Å². The van der Waals surface area contributed by atoms with Gasteiger partial charge in [-0.2, -0.15) is 0 Å². The van der Waals surface area contributed by atoms with Crippen LogP contribution < -0.4 is 0 Å². The first-order valence-electron chi connectivity index (χ1n) is 10.6. The summed E-state index contributed by atoms with van der Waals surface area (Å²) >= 11 is 0.